The van der Waals surface area contributed by atoms with E-state index >= 15 is 0 Å². The van der Waals surface area contributed by atoms with E-state index in [0.717, 1.165) is 35.2 Å². The van der Waals surface area contributed by atoms with Gasteiger partial charge in [-0.15, -0.1) is 0 Å². The van der Waals surface area contributed by atoms with Crippen LogP contribution in [0, 0.1) is 0 Å². The Hall–Kier alpha value is -2.75. The summed E-state index contributed by atoms with van der Waals surface area (Å²) in [6, 6.07) is 11.7. The minimum Gasteiger partial charge on any atom is -0.493 e. The maximum atomic E-state index is 12.3. The van der Waals surface area contributed by atoms with Gasteiger partial charge in [-0.25, -0.2) is 0 Å². The predicted molar refractivity (Wildman–Crippen MR) is 102 cm³/mol. The summed E-state index contributed by atoms with van der Waals surface area (Å²) in [5.41, 5.74) is 4.08. The molecule has 1 amide bonds. The van der Waals surface area contributed by atoms with Gasteiger partial charge in [-0.3, -0.25) is 4.79 Å². The Bertz CT molecular complexity index is 743. The van der Waals surface area contributed by atoms with Crippen LogP contribution in [0.3, 0.4) is 0 Å². The fraction of sp³-hybridized carbons (Fsp3) is 0.286. The molecular weight excluding hydrogens is 314 g/mol. The van der Waals surface area contributed by atoms with E-state index in [9.17, 15) is 4.79 Å². The first kappa shape index (κ1) is 18.6. The molecule has 0 aliphatic heterocycles. The Labute approximate surface area is 149 Å². The molecular formula is C21H25NO3. The van der Waals surface area contributed by atoms with Crippen molar-refractivity contribution in [2.24, 2.45) is 0 Å². The third kappa shape index (κ3) is 4.63. The maximum absolute atomic E-state index is 12.3. The van der Waals surface area contributed by atoms with Gasteiger partial charge < -0.3 is 14.8 Å². The van der Waals surface area contributed by atoms with Crippen molar-refractivity contribution >= 4 is 17.7 Å². The fourth-order valence-corrected chi connectivity index (χ4v) is 2.70. The molecule has 0 unspecified atom stereocenters. The topological polar surface area (TPSA) is 47.6 Å². The molecule has 0 atom stereocenters. The van der Waals surface area contributed by atoms with Crippen molar-refractivity contribution in [2.45, 2.75) is 26.7 Å². The average molecular weight is 339 g/mol. The number of benzene rings is 2. The molecule has 2 aromatic carbocycles. The lowest BCUT2D eigenvalue weighted by atomic mass is 10.0. The molecule has 0 aromatic heterocycles. The van der Waals surface area contributed by atoms with Gasteiger partial charge in [-0.1, -0.05) is 38.1 Å². The van der Waals surface area contributed by atoms with Crippen LogP contribution in [0.2, 0.25) is 0 Å². The molecule has 4 nitrogen and oxygen atoms in total. The molecule has 4 heteroatoms. The summed E-state index contributed by atoms with van der Waals surface area (Å²) in [6.07, 6.45) is 5.05. The number of hydrogen-bond donors (Lipinski definition) is 1. The molecule has 25 heavy (non-hydrogen) atoms. The number of hydrogen-bond acceptors (Lipinski definition) is 3. The number of rotatable bonds is 7. The van der Waals surface area contributed by atoms with Crippen molar-refractivity contribution in [1.82, 2.24) is 0 Å². The van der Waals surface area contributed by atoms with Crippen molar-refractivity contribution < 1.29 is 14.3 Å². The second kappa shape index (κ2) is 8.92. The minimum absolute atomic E-state index is 0.148. The van der Waals surface area contributed by atoms with Gasteiger partial charge in [-0.2, -0.15) is 0 Å². The molecule has 132 valence electrons. The highest BCUT2D eigenvalue weighted by atomic mass is 16.5. The minimum atomic E-state index is -0.148. The molecule has 0 aliphatic carbocycles. The van der Waals surface area contributed by atoms with E-state index in [1.54, 1.807) is 20.3 Å². The molecule has 0 bridgehead atoms. The number of anilines is 1. The Balaban J connectivity index is 2.17. The third-order valence-electron chi connectivity index (χ3n) is 4.08. The summed E-state index contributed by atoms with van der Waals surface area (Å²) in [4.78, 5) is 12.3. The van der Waals surface area contributed by atoms with Crippen LogP contribution in [-0.2, 0) is 17.6 Å². The summed E-state index contributed by atoms with van der Waals surface area (Å²) >= 11 is 0. The van der Waals surface area contributed by atoms with Crippen molar-refractivity contribution in [3.05, 3.63) is 59.2 Å². The molecule has 1 N–H and O–H groups in total. The Morgan fingerprint density at radius 2 is 1.64 bits per heavy atom. The molecule has 0 radical (unpaired) electrons. The number of ether oxygens (including phenoxy) is 2. The highest BCUT2D eigenvalue weighted by molar-refractivity contribution is 6.02. The molecule has 0 spiro atoms. The lowest BCUT2D eigenvalue weighted by Gasteiger charge is -2.13. The first-order chi connectivity index (χ1) is 12.1. The van der Waals surface area contributed by atoms with E-state index in [-0.39, 0.29) is 5.91 Å². The lowest BCUT2D eigenvalue weighted by molar-refractivity contribution is -0.111. The smallest absolute Gasteiger partial charge is 0.248 e. The van der Waals surface area contributed by atoms with Crippen LogP contribution in [-0.4, -0.2) is 20.1 Å². The fourth-order valence-electron chi connectivity index (χ4n) is 2.70. The predicted octanol–water partition coefficient (Wildman–Crippen LogP) is 4.48. The Morgan fingerprint density at radius 3 is 2.20 bits per heavy atom. The van der Waals surface area contributed by atoms with Crippen molar-refractivity contribution in [1.29, 1.82) is 0 Å². The van der Waals surface area contributed by atoms with Crippen LogP contribution in [0.1, 0.15) is 30.5 Å². The van der Waals surface area contributed by atoms with Gasteiger partial charge in [-0.05, 0) is 47.7 Å². The second-order valence-electron chi connectivity index (χ2n) is 5.60. The summed E-state index contributed by atoms with van der Waals surface area (Å²) in [7, 11) is 3.18. The quantitative estimate of drug-likeness (QED) is 0.757. The van der Waals surface area contributed by atoms with Gasteiger partial charge in [0.15, 0.2) is 11.5 Å². The molecule has 0 fully saturated rings. The standard InChI is InChI=1S/C21H25NO3/c1-5-16-8-7-9-17(6-2)21(16)22-20(23)13-11-15-10-12-18(24-3)19(14-15)25-4/h7-14H,5-6H2,1-4H3,(H,22,23). The molecule has 2 aromatic rings. The van der Waals surface area contributed by atoms with Crippen LogP contribution in [0.4, 0.5) is 5.69 Å². The number of aryl methyl sites for hydroxylation is 2. The van der Waals surface area contributed by atoms with E-state index in [1.165, 1.54) is 6.08 Å². The second-order valence-corrected chi connectivity index (χ2v) is 5.60. The number of nitrogens with one attached hydrogen (secondary N) is 1. The van der Waals surface area contributed by atoms with Gasteiger partial charge >= 0.3 is 0 Å². The molecule has 2 rings (SSSR count). The van der Waals surface area contributed by atoms with Crippen molar-refractivity contribution in [2.75, 3.05) is 19.5 Å². The Kier molecular flexibility index (Phi) is 6.63. The number of para-hydroxylation sites is 1. The number of amides is 1. The first-order valence-electron chi connectivity index (χ1n) is 8.44. The Morgan fingerprint density at radius 1 is 1.00 bits per heavy atom. The molecule has 0 saturated carbocycles. The zero-order valence-corrected chi connectivity index (χ0v) is 15.3. The highest BCUT2D eigenvalue weighted by Crippen LogP contribution is 2.28. The largest absolute Gasteiger partial charge is 0.493 e. The SMILES string of the molecule is CCc1cccc(CC)c1NC(=O)C=Cc1ccc(OC)c(OC)c1. The third-order valence-corrected chi connectivity index (χ3v) is 4.08. The van der Waals surface area contributed by atoms with E-state index in [0.29, 0.717) is 11.5 Å². The summed E-state index contributed by atoms with van der Waals surface area (Å²) in [6.45, 7) is 4.17. The zero-order chi connectivity index (χ0) is 18.2. The van der Waals surface area contributed by atoms with Crippen LogP contribution in [0.5, 0.6) is 11.5 Å². The van der Waals surface area contributed by atoms with Gasteiger partial charge in [0.1, 0.15) is 0 Å². The summed E-state index contributed by atoms with van der Waals surface area (Å²) in [5, 5.41) is 3.02. The van der Waals surface area contributed by atoms with Crippen LogP contribution >= 0.6 is 0 Å². The van der Waals surface area contributed by atoms with E-state index < -0.39 is 0 Å². The van der Waals surface area contributed by atoms with Gasteiger partial charge in [0.25, 0.3) is 0 Å². The molecule has 0 heterocycles. The van der Waals surface area contributed by atoms with Crippen molar-refractivity contribution in [3.8, 4) is 11.5 Å². The van der Waals surface area contributed by atoms with Crippen LogP contribution < -0.4 is 14.8 Å². The number of methoxy groups -OCH3 is 2. The van der Waals surface area contributed by atoms with E-state index in [1.807, 2.05) is 36.4 Å². The van der Waals surface area contributed by atoms with E-state index in [4.69, 9.17) is 9.47 Å². The van der Waals surface area contributed by atoms with Gasteiger partial charge in [0, 0.05) is 11.8 Å². The first-order valence-corrected chi connectivity index (χ1v) is 8.44. The molecule has 0 saturated heterocycles. The summed E-state index contributed by atoms with van der Waals surface area (Å²) in [5.74, 6) is 1.15. The summed E-state index contributed by atoms with van der Waals surface area (Å²) < 4.78 is 10.5. The zero-order valence-electron chi connectivity index (χ0n) is 15.3. The van der Waals surface area contributed by atoms with E-state index in [2.05, 4.69) is 19.2 Å². The molecule has 0 aliphatic rings. The normalized spacial score (nSPS) is 10.7. The maximum Gasteiger partial charge on any atom is 0.248 e. The average Bonchev–Trinajstić information content (AvgIpc) is 2.66. The number of carbonyl (C=O) groups is 1. The van der Waals surface area contributed by atoms with Crippen LogP contribution in [0.15, 0.2) is 42.5 Å². The van der Waals surface area contributed by atoms with Crippen LogP contribution in [0.25, 0.3) is 6.08 Å². The highest BCUT2D eigenvalue weighted by Gasteiger charge is 2.08. The van der Waals surface area contributed by atoms with Gasteiger partial charge in [0.05, 0.1) is 14.2 Å². The van der Waals surface area contributed by atoms with Gasteiger partial charge in [0.2, 0.25) is 5.91 Å². The monoisotopic (exact) mass is 339 g/mol. The number of carbonyl (C=O) groups excluding carboxylic acids is 1. The van der Waals surface area contributed by atoms with Crippen molar-refractivity contribution in [3.63, 3.8) is 0 Å². The lowest BCUT2D eigenvalue weighted by Crippen LogP contribution is -2.11.